The molecule has 0 bridgehead atoms. The summed E-state index contributed by atoms with van der Waals surface area (Å²) in [6.45, 7) is 14.6. The zero-order valence-electron chi connectivity index (χ0n) is 23.4. The Hall–Kier alpha value is -2.61. The van der Waals surface area contributed by atoms with Crippen LogP contribution in [0.3, 0.4) is 0 Å². The summed E-state index contributed by atoms with van der Waals surface area (Å²) in [6.07, 6.45) is 4.02. The number of ether oxygens (including phenoxy) is 1. The molecule has 204 valence electrons. The van der Waals surface area contributed by atoms with E-state index in [-0.39, 0.29) is 5.91 Å². The van der Waals surface area contributed by atoms with E-state index in [2.05, 4.69) is 17.6 Å². The third-order valence-corrected chi connectivity index (χ3v) is 5.37. The molecule has 8 nitrogen and oxygen atoms in total. The maximum Gasteiger partial charge on any atom is 0.408 e. The van der Waals surface area contributed by atoms with Gasteiger partial charge >= 0.3 is 6.09 Å². The lowest BCUT2D eigenvalue weighted by molar-refractivity contribution is -0.144. The number of aliphatic hydroxyl groups is 1. The van der Waals surface area contributed by atoms with E-state index >= 15 is 0 Å². The molecule has 2 unspecified atom stereocenters. The van der Waals surface area contributed by atoms with Crippen LogP contribution in [0.25, 0.3) is 0 Å². The van der Waals surface area contributed by atoms with Crippen molar-refractivity contribution in [3.05, 3.63) is 35.4 Å². The Bertz CT molecular complexity index is 857. The molecule has 0 radical (unpaired) electrons. The summed E-state index contributed by atoms with van der Waals surface area (Å²) in [5.41, 5.74) is 0.359. The number of aliphatic hydroxyl groups excluding tert-OH is 1. The molecule has 0 saturated heterocycles. The first kappa shape index (κ1) is 31.4. The molecule has 3 N–H and O–H groups in total. The van der Waals surface area contributed by atoms with Crippen LogP contribution >= 0.6 is 0 Å². The molecule has 0 aliphatic heterocycles. The number of nitrogens with zero attached hydrogens (tertiary/aromatic N) is 1. The lowest BCUT2D eigenvalue weighted by Crippen LogP contribution is -2.55. The van der Waals surface area contributed by atoms with Gasteiger partial charge in [-0.1, -0.05) is 62.4 Å². The van der Waals surface area contributed by atoms with Crippen LogP contribution < -0.4 is 10.6 Å². The predicted molar refractivity (Wildman–Crippen MR) is 143 cm³/mol. The summed E-state index contributed by atoms with van der Waals surface area (Å²) in [7, 11) is 0. The normalized spacial score (nSPS) is 13.5. The van der Waals surface area contributed by atoms with Crippen molar-refractivity contribution in [2.45, 2.75) is 111 Å². The SMILES string of the molecule is CCCCCCCN(C(=O)C(CO)NC(=O)OC(C)(C)C)C(C(=O)NC(C)(C)C)c1cccc(C)c1. The van der Waals surface area contributed by atoms with Crippen molar-refractivity contribution < 1.29 is 24.2 Å². The third kappa shape index (κ3) is 11.4. The summed E-state index contributed by atoms with van der Waals surface area (Å²) in [6, 6.07) is 5.34. The first-order valence-corrected chi connectivity index (χ1v) is 13.0. The molecule has 0 aliphatic carbocycles. The van der Waals surface area contributed by atoms with Gasteiger partial charge in [0, 0.05) is 12.1 Å². The number of unbranched alkanes of at least 4 members (excludes halogenated alkanes) is 4. The van der Waals surface area contributed by atoms with Crippen LogP contribution in [0.4, 0.5) is 4.79 Å². The number of aryl methyl sites for hydroxylation is 1. The predicted octanol–water partition coefficient (Wildman–Crippen LogP) is 4.64. The van der Waals surface area contributed by atoms with Crippen molar-refractivity contribution in [3.8, 4) is 0 Å². The Labute approximate surface area is 217 Å². The molecule has 36 heavy (non-hydrogen) atoms. The highest BCUT2D eigenvalue weighted by atomic mass is 16.6. The quantitative estimate of drug-likeness (QED) is 0.359. The minimum absolute atomic E-state index is 0.311. The number of nitrogens with one attached hydrogen (secondary N) is 2. The van der Waals surface area contributed by atoms with Crippen molar-refractivity contribution in [1.29, 1.82) is 0 Å². The van der Waals surface area contributed by atoms with Gasteiger partial charge in [-0.05, 0) is 60.5 Å². The second-order valence-electron chi connectivity index (χ2n) is 11.4. The van der Waals surface area contributed by atoms with Gasteiger partial charge in [-0.3, -0.25) is 9.59 Å². The highest BCUT2D eigenvalue weighted by Crippen LogP contribution is 2.25. The molecule has 1 rings (SSSR count). The van der Waals surface area contributed by atoms with E-state index in [1.165, 1.54) is 4.90 Å². The third-order valence-electron chi connectivity index (χ3n) is 5.37. The van der Waals surface area contributed by atoms with Gasteiger partial charge in [-0.2, -0.15) is 0 Å². The van der Waals surface area contributed by atoms with Crippen molar-refractivity contribution in [2.75, 3.05) is 13.2 Å². The van der Waals surface area contributed by atoms with E-state index < -0.39 is 41.8 Å². The Morgan fingerprint density at radius 2 is 1.67 bits per heavy atom. The fourth-order valence-corrected chi connectivity index (χ4v) is 3.84. The Morgan fingerprint density at radius 3 is 2.19 bits per heavy atom. The molecule has 1 aromatic carbocycles. The first-order chi connectivity index (χ1) is 16.7. The number of benzene rings is 1. The zero-order chi connectivity index (χ0) is 27.5. The van der Waals surface area contributed by atoms with Gasteiger partial charge in [0.05, 0.1) is 6.61 Å². The van der Waals surface area contributed by atoms with Crippen molar-refractivity contribution >= 4 is 17.9 Å². The molecule has 0 spiro atoms. The van der Waals surface area contributed by atoms with Crippen molar-refractivity contribution in [2.24, 2.45) is 0 Å². The average Bonchev–Trinajstić information content (AvgIpc) is 2.73. The number of hydrogen-bond acceptors (Lipinski definition) is 5. The van der Waals surface area contributed by atoms with Crippen molar-refractivity contribution in [1.82, 2.24) is 15.5 Å². The van der Waals surface area contributed by atoms with Crippen LogP contribution in [0.2, 0.25) is 0 Å². The Morgan fingerprint density at radius 1 is 1.03 bits per heavy atom. The van der Waals surface area contributed by atoms with E-state index in [4.69, 9.17) is 4.74 Å². The van der Waals surface area contributed by atoms with Gasteiger partial charge in [0.2, 0.25) is 11.8 Å². The molecular weight excluding hydrogens is 458 g/mol. The zero-order valence-corrected chi connectivity index (χ0v) is 23.4. The lowest BCUT2D eigenvalue weighted by Gasteiger charge is -2.36. The molecule has 3 amide bonds. The lowest BCUT2D eigenvalue weighted by atomic mass is 9.98. The molecule has 0 fully saturated rings. The minimum atomic E-state index is -1.25. The minimum Gasteiger partial charge on any atom is -0.444 e. The number of carbonyl (C=O) groups is 3. The van der Waals surface area contributed by atoms with Crippen LogP contribution in [0.5, 0.6) is 0 Å². The van der Waals surface area contributed by atoms with Crippen LogP contribution in [-0.4, -0.2) is 58.2 Å². The summed E-state index contributed by atoms with van der Waals surface area (Å²) in [5.74, 6) is -0.849. The standard InChI is InChI=1S/C28H47N3O5/c1-9-10-11-12-13-17-31(25(34)22(19-32)29-26(35)36-28(6,7)8)23(24(33)30-27(3,4)5)21-16-14-15-20(2)18-21/h14-16,18,22-23,32H,9-13,17,19H2,1-8H3,(H,29,35)(H,30,33). The van der Waals surface area contributed by atoms with Gasteiger partial charge in [-0.25, -0.2) is 4.79 Å². The Kier molecular flexibility index (Phi) is 12.4. The average molecular weight is 506 g/mol. The van der Waals surface area contributed by atoms with E-state index in [1.54, 1.807) is 20.8 Å². The molecule has 0 aromatic heterocycles. The fraction of sp³-hybridized carbons (Fsp3) is 0.679. The van der Waals surface area contributed by atoms with E-state index in [9.17, 15) is 19.5 Å². The summed E-state index contributed by atoms with van der Waals surface area (Å²) in [4.78, 5) is 41.3. The summed E-state index contributed by atoms with van der Waals surface area (Å²) in [5, 5.41) is 15.5. The number of amides is 3. The summed E-state index contributed by atoms with van der Waals surface area (Å²) >= 11 is 0. The van der Waals surface area contributed by atoms with E-state index in [1.807, 2.05) is 52.0 Å². The van der Waals surface area contributed by atoms with Crippen molar-refractivity contribution in [3.63, 3.8) is 0 Å². The van der Waals surface area contributed by atoms with Crippen LogP contribution in [0.15, 0.2) is 24.3 Å². The van der Waals surface area contributed by atoms with Gasteiger partial charge in [0.1, 0.15) is 17.7 Å². The second kappa shape index (κ2) is 14.2. The van der Waals surface area contributed by atoms with Gasteiger partial charge in [-0.15, -0.1) is 0 Å². The number of alkyl carbamates (subject to hydrolysis) is 1. The summed E-state index contributed by atoms with van der Waals surface area (Å²) < 4.78 is 5.29. The van der Waals surface area contributed by atoms with Crippen LogP contribution in [0.1, 0.15) is 97.7 Å². The largest absolute Gasteiger partial charge is 0.444 e. The molecule has 8 heteroatoms. The molecule has 2 atom stereocenters. The highest BCUT2D eigenvalue weighted by molar-refractivity contribution is 5.92. The highest BCUT2D eigenvalue weighted by Gasteiger charge is 2.37. The maximum absolute atomic E-state index is 13.8. The van der Waals surface area contributed by atoms with Gasteiger partial charge in [0.25, 0.3) is 0 Å². The van der Waals surface area contributed by atoms with Gasteiger partial charge in [0.15, 0.2) is 0 Å². The molecule has 0 heterocycles. The van der Waals surface area contributed by atoms with Crippen LogP contribution in [0, 0.1) is 6.92 Å². The monoisotopic (exact) mass is 505 g/mol. The second-order valence-corrected chi connectivity index (χ2v) is 11.4. The Balaban J connectivity index is 3.39. The van der Waals surface area contributed by atoms with E-state index in [0.717, 1.165) is 31.2 Å². The topological polar surface area (TPSA) is 108 Å². The van der Waals surface area contributed by atoms with Crippen LogP contribution in [-0.2, 0) is 14.3 Å². The maximum atomic E-state index is 13.8. The molecular formula is C28H47N3O5. The molecule has 0 aliphatic rings. The molecule has 1 aromatic rings. The smallest absolute Gasteiger partial charge is 0.408 e. The number of carbonyl (C=O) groups excluding carboxylic acids is 3. The first-order valence-electron chi connectivity index (χ1n) is 13.0. The molecule has 0 saturated carbocycles. The van der Waals surface area contributed by atoms with Gasteiger partial charge < -0.3 is 25.4 Å². The number of rotatable bonds is 12. The fourth-order valence-electron chi connectivity index (χ4n) is 3.84. The van der Waals surface area contributed by atoms with E-state index in [0.29, 0.717) is 18.5 Å². The number of hydrogen-bond donors (Lipinski definition) is 3.